The molecule has 26 heavy (non-hydrogen) atoms. The first-order valence-electron chi connectivity index (χ1n) is 7.71. The van der Waals surface area contributed by atoms with Crippen LogP contribution < -0.4 is 18.9 Å². The van der Waals surface area contributed by atoms with Gasteiger partial charge in [-0.2, -0.15) is 0 Å². The van der Waals surface area contributed by atoms with Crippen molar-refractivity contribution in [2.75, 3.05) is 28.4 Å². The minimum Gasteiger partial charge on any atom is -0.508 e. The topological polar surface area (TPSA) is 87.9 Å². The van der Waals surface area contributed by atoms with Crippen molar-refractivity contribution in [2.45, 2.75) is 0 Å². The number of hydrogen-bond acceptors (Lipinski definition) is 7. The van der Waals surface area contributed by atoms with E-state index in [1.54, 1.807) is 31.2 Å². The number of methoxy groups -OCH3 is 4. The zero-order valence-electron chi connectivity index (χ0n) is 14.9. The van der Waals surface area contributed by atoms with Gasteiger partial charge < -0.3 is 24.1 Å². The number of phenolic OH excluding ortho intramolecular Hbond substituents is 1. The van der Waals surface area contributed by atoms with E-state index in [4.69, 9.17) is 18.9 Å². The Morgan fingerprint density at radius 3 is 2.23 bits per heavy atom. The van der Waals surface area contributed by atoms with Crippen LogP contribution in [0.25, 0.3) is 16.9 Å². The fourth-order valence-electron chi connectivity index (χ4n) is 2.69. The molecule has 0 unspecified atom stereocenters. The van der Waals surface area contributed by atoms with Crippen LogP contribution in [0.1, 0.15) is 0 Å². The molecule has 1 N–H and O–H groups in total. The summed E-state index contributed by atoms with van der Waals surface area (Å²) in [6, 6.07) is 8.48. The van der Waals surface area contributed by atoms with Crippen molar-refractivity contribution >= 4 is 0 Å². The molecule has 0 atom stereocenters. The van der Waals surface area contributed by atoms with Gasteiger partial charge in [0.1, 0.15) is 11.4 Å². The lowest BCUT2D eigenvalue weighted by Gasteiger charge is -2.15. The molecule has 1 heterocycles. The molecule has 2 aromatic carbocycles. The molecule has 8 nitrogen and oxygen atoms in total. The fourth-order valence-corrected chi connectivity index (χ4v) is 2.69. The predicted octanol–water partition coefficient (Wildman–Crippen LogP) is 2.67. The quantitative estimate of drug-likeness (QED) is 0.725. The maximum atomic E-state index is 10.0. The van der Waals surface area contributed by atoms with E-state index >= 15 is 0 Å². The molecule has 0 radical (unpaired) electrons. The summed E-state index contributed by atoms with van der Waals surface area (Å²) in [5.41, 5.74) is 1.97. The molecule has 8 heteroatoms. The van der Waals surface area contributed by atoms with Crippen molar-refractivity contribution in [2.24, 2.45) is 0 Å². The average molecular weight is 357 g/mol. The summed E-state index contributed by atoms with van der Waals surface area (Å²) in [4.78, 5) is 0. The SMILES string of the molecule is COc1ccc(-c2cnnn2-c2cc(O)cc(OC)c2OC)cc1OC. The van der Waals surface area contributed by atoms with Crippen molar-refractivity contribution in [1.82, 2.24) is 15.0 Å². The van der Waals surface area contributed by atoms with E-state index in [0.717, 1.165) is 5.56 Å². The smallest absolute Gasteiger partial charge is 0.186 e. The van der Waals surface area contributed by atoms with Gasteiger partial charge in [0.05, 0.1) is 40.3 Å². The van der Waals surface area contributed by atoms with Crippen LogP contribution in [-0.4, -0.2) is 48.5 Å². The van der Waals surface area contributed by atoms with E-state index in [2.05, 4.69) is 10.3 Å². The normalized spacial score (nSPS) is 10.5. The highest BCUT2D eigenvalue weighted by Crippen LogP contribution is 2.39. The first-order valence-corrected chi connectivity index (χ1v) is 7.71. The van der Waals surface area contributed by atoms with Gasteiger partial charge in [0.25, 0.3) is 0 Å². The van der Waals surface area contributed by atoms with Gasteiger partial charge in [-0.3, -0.25) is 0 Å². The Kier molecular flexibility index (Phi) is 4.83. The highest BCUT2D eigenvalue weighted by atomic mass is 16.5. The third kappa shape index (κ3) is 2.97. The van der Waals surface area contributed by atoms with Crippen LogP contribution in [0.4, 0.5) is 0 Å². The van der Waals surface area contributed by atoms with Crippen LogP contribution in [0.3, 0.4) is 0 Å². The zero-order chi connectivity index (χ0) is 18.7. The highest BCUT2D eigenvalue weighted by molar-refractivity contribution is 5.68. The molecular weight excluding hydrogens is 338 g/mol. The van der Waals surface area contributed by atoms with Crippen LogP contribution in [0, 0.1) is 0 Å². The van der Waals surface area contributed by atoms with Crippen LogP contribution in [0.15, 0.2) is 36.5 Å². The lowest BCUT2D eigenvalue weighted by atomic mass is 10.1. The summed E-state index contributed by atoms with van der Waals surface area (Å²) in [7, 11) is 6.16. The summed E-state index contributed by atoms with van der Waals surface area (Å²) < 4.78 is 22.9. The van der Waals surface area contributed by atoms with E-state index in [0.29, 0.717) is 34.4 Å². The van der Waals surface area contributed by atoms with Gasteiger partial charge >= 0.3 is 0 Å². The van der Waals surface area contributed by atoms with Gasteiger partial charge in [-0.1, -0.05) is 5.21 Å². The Balaban J connectivity index is 2.18. The largest absolute Gasteiger partial charge is 0.508 e. The van der Waals surface area contributed by atoms with Crippen molar-refractivity contribution in [3.8, 4) is 45.7 Å². The van der Waals surface area contributed by atoms with Gasteiger partial charge in [0.2, 0.25) is 0 Å². The second kappa shape index (κ2) is 7.22. The third-order valence-corrected chi connectivity index (χ3v) is 3.90. The number of nitrogens with zero attached hydrogens (tertiary/aromatic N) is 3. The number of aromatic nitrogens is 3. The standard InChI is InChI=1S/C18H19N3O5/c1-23-15-6-5-11(7-16(15)24-2)14-10-19-20-21(14)13-8-12(22)9-17(25-3)18(13)26-4/h5-10,22H,1-4H3. The van der Waals surface area contributed by atoms with Crippen molar-refractivity contribution in [1.29, 1.82) is 0 Å². The molecule has 0 bridgehead atoms. The Morgan fingerprint density at radius 1 is 0.846 bits per heavy atom. The molecule has 0 amide bonds. The molecule has 0 aliphatic rings. The van der Waals surface area contributed by atoms with Crippen LogP contribution in [0.5, 0.6) is 28.7 Å². The molecule has 3 rings (SSSR count). The molecule has 0 saturated heterocycles. The molecule has 136 valence electrons. The predicted molar refractivity (Wildman–Crippen MR) is 94.7 cm³/mol. The minimum absolute atomic E-state index is 0.0198. The van der Waals surface area contributed by atoms with Gasteiger partial charge in [0.15, 0.2) is 23.0 Å². The Bertz CT molecular complexity index is 923. The van der Waals surface area contributed by atoms with Gasteiger partial charge in [-0.05, 0) is 18.2 Å². The lowest BCUT2D eigenvalue weighted by molar-refractivity contribution is 0.349. The van der Waals surface area contributed by atoms with Crippen molar-refractivity contribution in [3.63, 3.8) is 0 Å². The highest BCUT2D eigenvalue weighted by Gasteiger charge is 2.19. The number of rotatable bonds is 6. The molecule has 0 spiro atoms. The zero-order valence-corrected chi connectivity index (χ0v) is 14.9. The molecule has 0 fully saturated rings. The Morgan fingerprint density at radius 2 is 1.58 bits per heavy atom. The maximum absolute atomic E-state index is 10.0. The van der Waals surface area contributed by atoms with E-state index in [1.165, 1.54) is 26.4 Å². The molecule has 1 aromatic heterocycles. The molecular formula is C18H19N3O5. The molecule has 3 aromatic rings. The van der Waals surface area contributed by atoms with Gasteiger partial charge in [0, 0.05) is 17.7 Å². The van der Waals surface area contributed by atoms with Crippen LogP contribution in [0.2, 0.25) is 0 Å². The molecule has 0 aliphatic carbocycles. The second-order valence-corrected chi connectivity index (χ2v) is 5.30. The molecule has 0 saturated carbocycles. The summed E-state index contributed by atoms with van der Waals surface area (Å²) >= 11 is 0. The summed E-state index contributed by atoms with van der Waals surface area (Å²) in [5, 5.41) is 18.2. The molecule has 0 aliphatic heterocycles. The number of benzene rings is 2. The summed E-state index contributed by atoms with van der Waals surface area (Å²) in [6.45, 7) is 0. The summed E-state index contributed by atoms with van der Waals surface area (Å²) in [6.07, 6.45) is 1.61. The summed E-state index contributed by atoms with van der Waals surface area (Å²) in [5.74, 6) is 2.03. The lowest BCUT2D eigenvalue weighted by Crippen LogP contribution is -2.04. The van der Waals surface area contributed by atoms with Crippen molar-refractivity contribution in [3.05, 3.63) is 36.5 Å². The fraction of sp³-hybridized carbons (Fsp3) is 0.222. The number of phenols is 1. The monoisotopic (exact) mass is 357 g/mol. The van der Waals surface area contributed by atoms with E-state index < -0.39 is 0 Å². The first kappa shape index (κ1) is 17.4. The van der Waals surface area contributed by atoms with Crippen molar-refractivity contribution < 1.29 is 24.1 Å². The van der Waals surface area contributed by atoms with E-state index in [1.807, 2.05) is 12.1 Å². The van der Waals surface area contributed by atoms with Gasteiger partial charge in [-0.15, -0.1) is 5.10 Å². The van der Waals surface area contributed by atoms with Crippen LogP contribution >= 0.6 is 0 Å². The average Bonchev–Trinajstić information content (AvgIpc) is 3.16. The third-order valence-electron chi connectivity index (χ3n) is 3.90. The van der Waals surface area contributed by atoms with E-state index in [-0.39, 0.29) is 5.75 Å². The number of aromatic hydroxyl groups is 1. The number of ether oxygens (including phenoxy) is 4. The Hall–Kier alpha value is -3.42. The number of hydrogen-bond donors (Lipinski definition) is 1. The second-order valence-electron chi connectivity index (χ2n) is 5.30. The maximum Gasteiger partial charge on any atom is 0.186 e. The van der Waals surface area contributed by atoms with Crippen LogP contribution in [-0.2, 0) is 0 Å². The first-order chi connectivity index (χ1) is 12.6. The van der Waals surface area contributed by atoms with Gasteiger partial charge in [-0.25, -0.2) is 4.68 Å². The minimum atomic E-state index is 0.0198. The van der Waals surface area contributed by atoms with E-state index in [9.17, 15) is 5.11 Å². The Labute approximate surface area is 150 Å².